The normalized spacial score (nSPS) is 31.5. The molecule has 3 N–H and O–H groups in total. The highest BCUT2D eigenvalue weighted by Crippen LogP contribution is 2.45. The molecule has 5 heteroatoms. The highest BCUT2D eigenvalue weighted by atomic mass is 16.5. The van der Waals surface area contributed by atoms with Crippen LogP contribution in [0.4, 0.5) is 0 Å². The minimum absolute atomic E-state index is 0.00160. The summed E-state index contributed by atoms with van der Waals surface area (Å²) in [5, 5.41) is 29.6. The average Bonchev–Trinajstić information content (AvgIpc) is 3.11. The van der Waals surface area contributed by atoms with Crippen LogP contribution in [-0.4, -0.2) is 45.7 Å². The molecule has 0 amide bonds. The van der Waals surface area contributed by atoms with Crippen LogP contribution in [0, 0.1) is 29.1 Å². The molecule has 6 atom stereocenters. The molecular formula is C22H34O5. The molecule has 0 bridgehead atoms. The minimum atomic E-state index is -0.751. The number of carboxylic acids is 1. The number of fused-ring (bicyclic) bond motifs is 1. The van der Waals surface area contributed by atoms with Crippen molar-refractivity contribution in [3.05, 3.63) is 12.2 Å². The molecule has 1 saturated heterocycles. The fraction of sp³-hybridized carbons (Fsp3) is 0.773. The van der Waals surface area contributed by atoms with Gasteiger partial charge in [-0.25, -0.2) is 0 Å². The Kier molecular flexibility index (Phi) is 7.91. The summed E-state index contributed by atoms with van der Waals surface area (Å²) in [5.74, 6) is 5.42. The second-order valence-corrected chi connectivity index (χ2v) is 8.64. The summed E-state index contributed by atoms with van der Waals surface area (Å²) in [6, 6.07) is 0. The maximum absolute atomic E-state index is 10.6. The van der Waals surface area contributed by atoms with Crippen LogP contribution in [0.1, 0.15) is 65.7 Å². The van der Waals surface area contributed by atoms with Crippen molar-refractivity contribution in [1.29, 1.82) is 0 Å². The van der Waals surface area contributed by atoms with Crippen LogP contribution in [0.5, 0.6) is 0 Å². The summed E-state index contributed by atoms with van der Waals surface area (Å²) in [5.41, 5.74) is -0.332. The van der Waals surface area contributed by atoms with Crippen LogP contribution >= 0.6 is 0 Å². The molecule has 0 radical (unpaired) electrons. The van der Waals surface area contributed by atoms with Crippen molar-refractivity contribution in [1.82, 2.24) is 0 Å². The maximum Gasteiger partial charge on any atom is 0.303 e. The quantitative estimate of drug-likeness (QED) is 0.326. The third kappa shape index (κ3) is 6.07. The zero-order valence-electron chi connectivity index (χ0n) is 16.7. The molecule has 0 spiro atoms. The smallest absolute Gasteiger partial charge is 0.303 e. The van der Waals surface area contributed by atoms with Gasteiger partial charge in [0.15, 0.2) is 0 Å². The van der Waals surface area contributed by atoms with Gasteiger partial charge < -0.3 is 20.1 Å². The van der Waals surface area contributed by atoms with E-state index in [1.807, 2.05) is 26.0 Å². The van der Waals surface area contributed by atoms with E-state index < -0.39 is 18.2 Å². The fourth-order valence-electron chi connectivity index (χ4n) is 4.19. The largest absolute Gasteiger partial charge is 0.481 e. The number of carbonyl (C=O) groups is 1. The van der Waals surface area contributed by atoms with Gasteiger partial charge in [0.1, 0.15) is 0 Å². The van der Waals surface area contributed by atoms with E-state index in [0.29, 0.717) is 19.3 Å². The Labute approximate surface area is 162 Å². The number of unbranched alkanes of at least 4 members (excludes halogenated alkanes) is 1. The van der Waals surface area contributed by atoms with Gasteiger partial charge in [-0.2, -0.15) is 0 Å². The topological polar surface area (TPSA) is 87.0 Å². The van der Waals surface area contributed by atoms with E-state index in [-0.39, 0.29) is 35.9 Å². The highest BCUT2D eigenvalue weighted by Gasteiger charge is 2.47. The van der Waals surface area contributed by atoms with Crippen molar-refractivity contribution >= 4 is 5.97 Å². The molecule has 1 saturated carbocycles. The monoisotopic (exact) mass is 378 g/mol. The molecule has 1 aliphatic heterocycles. The first-order valence-electron chi connectivity index (χ1n) is 10.1. The molecule has 0 aromatic rings. The molecule has 0 unspecified atom stereocenters. The summed E-state index contributed by atoms with van der Waals surface area (Å²) >= 11 is 0. The Bertz CT molecular complexity index is 585. The van der Waals surface area contributed by atoms with Crippen LogP contribution < -0.4 is 0 Å². The van der Waals surface area contributed by atoms with Crippen molar-refractivity contribution < 1.29 is 24.9 Å². The predicted molar refractivity (Wildman–Crippen MR) is 104 cm³/mol. The zero-order valence-corrected chi connectivity index (χ0v) is 16.7. The van der Waals surface area contributed by atoms with E-state index in [0.717, 1.165) is 19.3 Å². The minimum Gasteiger partial charge on any atom is -0.481 e. The molecule has 2 fully saturated rings. The summed E-state index contributed by atoms with van der Waals surface area (Å²) < 4.78 is 6.10. The van der Waals surface area contributed by atoms with Crippen molar-refractivity contribution in [3.63, 3.8) is 0 Å². The summed E-state index contributed by atoms with van der Waals surface area (Å²) in [6.07, 6.45) is 7.71. The highest BCUT2D eigenvalue weighted by molar-refractivity contribution is 5.66. The molecule has 1 heterocycles. The molecule has 5 nitrogen and oxygen atoms in total. The van der Waals surface area contributed by atoms with Crippen LogP contribution in [0.15, 0.2) is 12.2 Å². The van der Waals surface area contributed by atoms with E-state index in [2.05, 4.69) is 11.8 Å². The third-order valence-corrected chi connectivity index (χ3v) is 6.00. The molecule has 2 rings (SSSR count). The van der Waals surface area contributed by atoms with Gasteiger partial charge in [-0.15, -0.1) is 11.8 Å². The SMILES string of the molecule is CC#CCC(C)(C)[C@H](O)C=C[C@@H]1[C@H]2C[C@@H](CCCCC(=O)O)O[C@H]2C[C@H]1O. The standard InChI is InChI=1S/C22H34O5/c1-4-5-12-22(2,3)20(24)11-10-16-17-13-15(8-6-7-9-21(25)26)27-19(17)14-18(16)23/h10-11,15-20,23-24H,6-9,12-14H2,1-3H3,(H,25,26)/t15-,16-,17-,18-,19+,20-/m1/s1. The molecule has 0 aromatic carbocycles. The van der Waals surface area contributed by atoms with Crippen molar-refractivity contribution in [3.8, 4) is 11.8 Å². The van der Waals surface area contributed by atoms with Crippen LogP contribution in [0.3, 0.4) is 0 Å². The van der Waals surface area contributed by atoms with Gasteiger partial charge in [0.2, 0.25) is 0 Å². The van der Waals surface area contributed by atoms with Crippen molar-refractivity contribution in [2.24, 2.45) is 17.3 Å². The Hall–Kier alpha value is -1.35. The number of carboxylic acid groups (broad SMARTS) is 1. The molecule has 0 aromatic heterocycles. The Morgan fingerprint density at radius 2 is 2.07 bits per heavy atom. The van der Waals surface area contributed by atoms with Crippen molar-refractivity contribution in [2.75, 3.05) is 0 Å². The fourth-order valence-corrected chi connectivity index (χ4v) is 4.19. The number of aliphatic hydroxyl groups excluding tert-OH is 2. The van der Waals surface area contributed by atoms with Crippen LogP contribution in [-0.2, 0) is 9.53 Å². The van der Waals surface area contributed by atoms with Gasteiger partial charge in [-0.05, 0) is 32.1 Å². The number of hydrogen-bond acceptors (Lipinski definition) is 4. The lowest BCUT2D eigenvalue weighted by atomic mass is 9.82. The van der Waals surface area contributed by atoms with E-state index in [1.165, 1.54) is 0 Å². The number of aliphatic hydroxyl groups is 2. The lowest BCUT2D eigenvalue weighted by Gasteiger charge is -2.27. The Balaban J connectivity index is 1.88. The van der Waals surface area contributed by atoms with Crippen LogP contribution in [0.25, 0.3) is 0 Å². The molecule has 1 aliphatic carbocycles. The van der Waals surface area contributed by atoms with Gasteiger partial charge in [0.05, 0.1) is 24.4 Å². The Morgan fingerprint density at radius 1 is 1.33 bits per heavy atom. The van der Waals surface area contributed by atoms with Gasteiger partial charge in [0.25, 0.3) is 0 Å². The number of rotatable bonds is 9. The van der Waals surface area contributed by atoms with Gasteiger partial charge in [0, 0.05) is 30.6 Å². The van der Waals surface area contributed by atoms with Crippen LogP contribution in [0.2, 0.25) is 0 Å². The molecule has 2 aliphatic rings. The van der Waals surface area contributed by atoms with Gasteiger partial charge in [-0.1, -0.05) is 32.4 Å². The van der Waals surface area contributed by atoms with E-state index >= 15 is 0 Å². The summed E-state index contributed by atoms with van der Waals surface area (Å²) in [7, 11) is 0. The molecular weight excluding hydrogens is 344 g/mol. The lowest BCUT2D eigenvalue weighted by molar-refractivity contribution is -0.137. The number of ether oxygens (including phenoxy) is 1. The molecule has 152 valence electrons. The first-order valence-corrected chi connectivity index (χ1v) is 10.1. The second kappa shape index (κ2) is 9.73. The van der Waals surface area contributed by atoms with E-state index in [4.69, 9.17) is 9.84 Å². The lowest BCUT2D eigenvalue weighted by Crippen LogP contribution is -2.28. The first-order chi connectivity index (χ1) is 12.7. The zero-order chi connectivity index (χ0) is 20.0. The van der Waals surface area contributed by atoms with Gasteiger partial charge in [-0.3, -0.25) is 4.79 Å². The van der Waals surface area contributed by atoms with Gasteiger partial charge >= 0.3 is 5.97 Å². The average molecular weight is 379 g/mol. The molecule has 27 heavy (non-hydrogen) atoms. The first kappa shape index (κ1) is 21.9. The number of aliphatic carboxylic acids is 1. The van der Waals surface area contributed by atoms with E-state index in [9.17, 15) is 15.0 Å². The van der Waals surface area contributed by atoms with E-state index in [1.54, 1.807) is 6.92 Å². The maximum atomic E-state index is 10.6. The third-order valence-electron chi connectivity index (χ3n) is 6.00. The number of hydrogen-bond donors (Lipinski definition) is 3. The summed E-state index contributed by atoms with van der Waals surface area (Å²) in [4.78, 5) is 10.6. The summed E-state index contributed by atoms with van der Waals surface area (Å²) in [6.45, 7) is 5.78. The predicted octanol–water partition coefficient (Wildman–Crippen LogP) is 3.14. The second-order valence-electron chi connectivity index (χ2n) is 8.64. The van der Waals surface area contributed by atoms with Crippen molar-refractivity contribution in [2.45, 2.75) is 90.1 Å². The Morgan fingerprint density at radius 3 is 2.74 bits per heavy atom.